The number of rotatable bonds is 5. The zero-order chi connectivity index (χ0) is 20.4. The summed E-state index contributed by atoms with van der Waals surface area (Å²) in [6.45, 7) is 2.31. The number of aromatic nitrogens is 2. The number of halogens is 1. The zero-order valence-corrected chi connectivity index (χ0v) is 15.7. The maximum absolute atomic E-state index is 13.0. The second-order valence-corrected chi connectivity index (χ2v) is 6.70. The average molecular weight is 395 g/mol. The summed E-state index contributed by atoms with van der Waals surface area (Å²) in [6, 6.07) is 12.3. The van der Waals surface area contributed by atoms with Crippen LogP contribution in [0.4, 0.5) is 10.1 Å². The third kappa shape index (κ3) is 4.01. The lowest BCUT2D eigenvalue weighted by molar-refractivity contribution is -0.117. The van der Waals surface area contributed by atoms with Gasteiger partial charge in [0.2, 0.25) is 11.8 Å². The standard InChI is InChI=1S/C21H18FN3O4/c1-13(19-23-24-20(29-19)14-4-8-16(22)9-5-14)28-21(27)15-6-10-17(11-7-15)25-12-2-3-18(25)26/h4-11,13H,2-3,12H2,1H3/t13-/m0/s1. The summed E-state index contributed by atoms with van der Waals surface area (Å²) in [5.41, 5.74) is 1.68. The minimum atomic E-state index is -0.760. The highest BCUT2D eigenvalue weighted by atomic mass is 19.1. The van der Waals surface area contributed by atoms with E-state index in [1.165, 1.54) is 24.3 Å². The fraction of sp³-hybridized carbons (Fsp3) is 0.238. The molecule has 0 radical (unpaired) electrons. The monoisotopic (exact) mass is 395 g/mol. The van der Waals surface area contributed by atoms with Gasteiger partial charge in [-0.1, -0.05) is 0 Å². The topological polar surface area (TPSA) is 85.5 Å². The van der Waals surface area contributed by atoms with Crippen LogP contribution in [0, 0.1) is 5.82 Å². The van der Waals surface area contributed by atoms with E-state index in [1.54, 1.807) is 36.1 Å². The lowest BCUT2D eigenvalue weighted by Crippen LogP contribution is -2.23. The molecule has 0 aliphatic carbocycles. The Morgan fingerprint density at radius 3 is 2.52 bits per heavy atom. The highest BCUT2D eigenvalue weighted by Crippen LogP contribution is 2.25. The molecule has 2 aromatic carbocycles. The van der Waals surface area contributed by atoms with Crippen molar-refractivity contribution >= 4 is 17.6 Å². The van der Waals surface area contributed by atoms with Gasteiger partial charge in [0.05, 0.1) is 5.56 Å². The lowest BCUT2D eigenvalue weighted by atomic mass is 10.2. The molecular weight excluding hydrogens is 377 g/mol. The van der Waals surface area contributed by atoms with Crippen molar-refractivity contribution in [2.24, 2.45) is 0 Å². The van der Waals surface area contributed by atoms with Crippen LogP contribution in [0.3, 0.4) is 0 Å². The van der Waals surface area contributed by atoms with E-state index in [0.717, 1.165) is 12.1 Å². The quantitative estimate of drug-likeness (QED) is 0.609. The van der Waals surface area contributed by atoms with Crippen LogP contribution in [0.5, 0.6) is 0 Å². The number of nitrogens with zero attached hydrogens (tertiary/aromatic N) is 3. The molecule has 1 aromatic heterocycles. The van der Waals surface area contributed by atoms with Gasteiger partial charge in [0.1, 0.15) is 5.82 Å². The third-order valence-corrected chi connectivity index (χ3v) is 4.65. The van der Waals surface area contributed by atoms with E-state index in [9.17, 15) is 14.0 Å². The molecule has 2 heterocycles. The summed E-state index contributed by atoms with van der Waals surface area (Å²) >= 11 is 0. The minimum Gasteiger partial charge on any atom is -0.449 e. The summed E-state index contributed by atoms with van der Waals surface area (Å²) in [6.07, 6.45) is 0.624. The predicted octanol–water partition coefficient (Wildman–Crippen LogP) is 3.92. The van der Waals surface area contributed by atoms with Gasteiger partial charge in [-0.15, -0.1) is 10.2 Å². The van der Waals surface area contributed by atoms with Crippen LogP contribution >= 0.6 is 0 Å². The van der Waals surface area contributed by atoms with Gasteiger partial charge in [-0.25, -0.2) is 9.18 Å². The number of anilines is 1. The Labute approximate surface area is 166 Å². The normalized spacial score (nSPS) is 14.8. The fourth-order valence-electron chi connectivity index (χ4n) is 3.09. The lowest BCUT2D eigenvalue weighted by Gasteiger charge is -2.16. The molecule has 0 bridgehead atoms. The van der Waals surface area contributed by atoms with Gasteiger partial charge in [-0.05, 0) is 61.9 Å². The van der Waals surface area contributed by atoms with Crippen LogP contribution in [0.1, 0.15) is 42.1 Å². The number of ether oxygens (including phenoxy) is 1. The first kappa shape index (κ1) is 18.8. The van der Waals surface area contributed by atoms with Crippen molar-refractivity contribution < 1.29 is 23.1 Å². The van der Waals surface area contributed by atoms with Crippen molar-refractivity contribution in [1.82, 2.24) is 10.2 Å². The van der Waals surface area contributed by atoms with E-state index < -0.39 is 12.1 Å². The van der Waals surface area contributed by atoms with Crippen LogP contribution in [0.2, 0.25) is 0 Å². The van der Waals surface area contributed by atoms with Crippen LogP contribution in [0.15, 0.2) is 52.9 Å². The molecule has 1 saturated heterocycles. The smallest absolute Gasteiger partial charge is 0.338 e. The second kappa shape index (κ2) is 7.83. The molecule has 1 aliphatic heterocycles. The van der Waals surface area contributed by atoms with E-state index >= 15 is 0 Å². The highest BCUT2D eigenvalue weighted by molar-refractivity contribution is 5.96. The highest BCUT2D eigenvalue weighted by Gasteiger charge is 2.23. The predicted molar refractivity (Wildman–Crippen MR) is 102 cm³/mol. The number of hydrogen-bond acceptors (Lipinski definition) is 6. The number of hydrogen-bond donors (Lipinski definition) is 0. The maximum Gasteiger partial charge on any atom is 0.338 e. The summed E-state index contributed by atoms with van der Waals surface area (Å²) in [5, 5.41) is 7.82. The van der Waals surface area contributed by atoms with E-state index in [2.05, 4.69) is 10.2 Å². The molecule has 3 aromatic rings. The fourth-order valence-corrected chi connectivity index (χ4v) is 3.09. The van der Waals surface area contributed by atoms with Crippen LogP contribution in [0.25, 0.3) is 11.5 Å². The average Bonchev–Trinajstić information content (AvgIpc) is 3.38. The molecule has 0 saturated carbocycles. The summed E-state index contributed by atoms with van der Waals surface area (Å²) in [4.78, 5) is 25.9. The van der Waals surface area contributed by atoms with Crippen molar-refractivity contribution in [3.05, 3.63) is 65.8 Å². The molecule has 0 unspecified atom stereocenters. The zero-order valence-electron chi connectivity index (χ0n) is 15.7. The van der Waals surface area contributed by atoms with Crippen molar-refractivity contribution in [1.29, 1.82) is 0 Å². The summed E-state index contributed by atoms with van der Waals surface area (Å²) in [5.74, 6) is -0.476. The van der Waals surface area contributed by atoms with Crippen molar-refractivity contribution in [3.63, 3.8) is 0 Å². The Bertz CT molecular complexity index is 1030. The number of carbonyl (C=O) groups is 2. The van der Waals surface area contributed by atoms with Gasteiger partial charge in [0, 0.05) is 24.2 Å². The van der Waals surface area contributed by atoms with Crippen LogP contribution in [-0.4, -0.2) is 28.6 Å². The first-order chi connectivity index (χ1) is 14.0. The molecule has 0 N–H and O–H groups in total. The van der Waals surface area contributed by atoms with Crippen molar-refractivity contribution in [2.75, 3.05) is 11.4 Å². The van der Waals surface area contributed by atoms with E-state index in [4.69, 9.17) is 9.15 Å². The van der Waals surface area contributed by atoms with E-state index in [1.807, 2.05) is 0 Å². The Balaban J connectivity index is 1.42. The van der Waals surface area contributed by atoms with Gasteiger partial charge < -0.3 is 14.1 Å². The SMILES string of the molecule is C[C@H](OC(=O)c1ccc(N2CCCC2=O)cc1)c1nnc(-c2ccc(F)cc2)o1. The number of carbonyl (C=O) groups excluding carboxylic acids is 2. The number of benzene rings is 2. The molecule has 7 nitrogen and oxygen atoms in total. The molecule has 1 aliphatic rings. The van der Waals surface area contributed by atoms with Crippen molar-refractivity contribution in [3.8, 4) is 11.5 Å². The Kier molecular flexibility index (Phi) is 5.07. The minimum absolute atomic E-state index is 0.0855. The molecular formula is C21H18FN3O4. The van der Waals surface area contributed by atoms with Gasteiger partial charge in [-0.3, -0.25) is 4.79 Å². The van der Waals surface area contributed by atoms with Gasteiger partial charge >= 0.3 is 5.97 Å². The summed E-state index contributed by atoms with van der Waals surface area (Å²) < 4.78 is 24.0. The van der Waals surface area contributed by atoms with E-state index in [-0.39, 0.29) is 23.5 Å². The molecule has 148 valence electrons. The number of amides is 1. The van der Waals surface area contributed by atoms with Crippen LogP contribution in [-0.2, 0) is 9.53 Å². The van der Waals surface area contributed by atoms with Crippen molar-refractivity contribution in [2.45, 2.75) is 25.9 Å². The first-order valence-electron chi connectivity index (χ1n) is 9.22. The first-order valence-corrected chi connectivity index (χ1v) is 9.22. The second-order valence-electron chi connectivity index (χ2n) is 6.70. The molecule has 4 rings (SSSR count). The van der Waals surface area contributed by atoms with Gasteiger partial charge in [0.15, 0.2) is 6.10 Å². The Morgan fingerprint density at radius 2 is 1.86 bits per heavy atom. The van der Waals surface area contributed by atoms with Gasteiger partial charge in [0.25, 0.3) is 5.89 Å². The van der Waals surface area contributed by atoms with E-state index in [0.29, 0.717) is 24.1 Å². The summed E-state index contributed by atoms with van der Waals surface area (Å²) in [7, 11) is 0. The molecule has 0 spiro atoms. The molecule has 8 heteroatoms. The van der Waals surface area contributed by atoms with Crippen LogP contribution < -0.4 is 4.90 Å². The molecule has 1 fully saturated rings. The Hall–Kier alpha value is -3.55. The Morgan fingerprint density at radius 1 is 1.14 bits per heavy atom. The maximum atomic E-state index is 13.0. The largest absolute Gasteiger partial charge is 0.449 e. The van der Waals surface area contributed by atoms with Gasteiger partial charge in [-0.2, -0.15) is 0 Å². The molecule has 29 heavy (non-hydrogen) atoms. The number of esters is 1. The third-order valence-electron chi connectivity index (χ3n) is 4.65. The molecule has 1 atom stereocenters. The molecule has 1 amide bonds.